The molecule has 0 spiro atoms. The van der Waals surface area contributed by atoms with Gasteiger partial charge in [-0.3, -0.25) is 10.2 Å². The number of aliphatic hydroxyl groups is 2. The van der Waals surface area contributed by atoms with Crippen LogP contribution in [0.3, 0.4) is 0 Å². The van der Waals surface area contributed by atoms with Crippen molar-refractivity contribution in [1.82, 2.24) is 4.90 Å². The SMILES string of the molecule is C=CCOC12Oc3ccc(OC(=O)Nc4ccc(OC)cc4OC)cc3C3C(CCCCO)C(CCCCO)C=C(C(=NOCC)CC1N(Cc1ccc4c(c1)OCO4)C(=O)OCCCl)C32. The monoisotopic (exact) mass is 933 g/mol. The first-order valence-corrected chi connectivity index (χ1v) is 23.0. The Hall–Kier alpha value is -5.68. The third-order valence-corrected chi connectivity index (χ3v) is 12.7. The molecular formula is C49H60ClN3O13. The Kier molecular flexibility index (Phi) is 16.6. The van der Waals surface area contributed by atoms with E-state index < -0.39 is 29.9 Å². The number of allylic oxidation sites excluding steroid dienone is 1. The van der Waals surface area contributed by atoms with Gasteiger partial charge in [0.2, 0.25) is 12.6 Å². The minimum Gasteiger partial charge on any atom is -0.497 e. The number of carbonyl (C=O) groups excluding carboxylic acids is 2. The molecule has 3 N–H and O–H groups in total. The highest BCUT2D eigenvalue weighted by atomic mass is 35.5. The van der Waals surface area contributed by atoms with Gasteiger partial charge in [0.25, 0.3) is 0 Å². The summed E-state index contributed by atoms with van der Waals surface area (Å²) in [7, 11) is 3.04. The molecule has 6 unspecified atom stereocenters. The molecule has 2 aliphatic carbocycles. The average Bonchev–Trinajstić information content (AvgIpc) is 3.80. The summed E-state index contributed by atoms with van der Waals surface area (Å²) in [5.41, 5.74) is 3.35. The lowest BCUT2D eigenvalue weighted by Crippen LogP contribution is -2.70. The van der Waals surface area contributed by atoms with Crippen molar-refractivity contribution < 1.29 is 62.5 Å². The zero-order valence-corrected chi connectivity index (χ0v) is 38.5. The second kappa shape index (κ2) is 22.7. The lowest BCUT2D eigenvalue weighted by atomic mass is 9.55. The minimum atomic E-state index is -1.57. The third kappa shape index (κ3) is 10.5. The van der Waals surface area contributed by atoms with E-state index in [4.69, 9.17) is 59.5 Å². The number of hydrogen-bond acceptors (Lipinski definition) is 14. The molecule has 7 rings (SSSR count). The minimum absolute atomic E-state index is 0.0215. The number of ether oxygens (including phenoxy) is 8. The first-order valence-electron chi connectivity index (χ1n) is 22.5. The zero-order chi connectivity index (χ0) is 46.6. The van der Waals surface area contributed by atoms with Crippen molar-refractivity contribution in [2.45, 2.75) is 76.2 Å². The van der Waals surface area contributed by atoms with Gasteiger partial charge < -0.3 is 52.9 Å². The van der Waals surface area contributed by atoms with Crippen LogP contribution in [0.25, 0.3) is 0 Å². The van der Waals surface area contributed by atoms with Crippen LogP contribution in [0.1, 0.15) is 68.9 Å². The van der Waals surface area contributed by atoms with E-state index in [0.717, 1.165) is 29.5 Å². The van der Waals surface area contributed by atoms with Gasteiger partial charge in [-0.05, 0) is 98.0 Å². The number of aliphatic hydroxyl groups excluding tert-OH is 2. The molecule has 2 aliphatic heterocycles. The molecule has 1 saturated carbocycles. The molecular weight excluding hydrogens is 874 g/mol. The highest BCUT2D eigenvalue weighted by Crippen LogP contribution is 2.62. The first-order chi connectivity index (χ1) is 32.2. The summed E-state index contributed by atoms with van der Waals surface area (Å²) in [6.45, 7) is 6.39. The molecule has 16 nitrogen and oxygen atoms in total. The summed E-state index contributed by atoms with van der Waals surface area (Å²) in [6, 6.07) is 14.9. The number of unbranched alkanes of at least 4 members (excludes halogenated alkanes) is 2. The number of nitrogens with zero attached hydrogens (tertiary/aromatic N) is 2. The number of methoxy groups -OCH3 is 2. The Balaban J connectivity index is 1.39. The Bertz CT molecular complexity index is 2240. The van der Waals surface area contributed by atoms with Gasteiger partial charge in [-0.25, -0.2) is 9.59 Å². The molecule has 17 heteroatoms. The van der Waals surface area contributed by atoms with Gasteiger partial charge in [0.1, 0.15) is 42.3 Å². The first kappa shape index (κ1) is 48.3. The standard InChI is InChI=1S/C49H60ClN3O13/c1-5-22-63-49-44(53(48(57)60-23-19-50)29-31-13-17-41-43(24-31)62-30-61-41)28-39(52-64-6-2)36-25-32(11-7-9-20-54)35(12-8-10-21-55)45(46(36)49)37-26-34(15-18-40(37)66-49)65-47(56)51-38-16-14-33(58-3)27-42(38)59-4/h5,13-18,24-27,32,35,44-46,54-55H,1,6-12,19-23,28-30H2,2-4H3,(H,51,56). The Labute approximate surface area is 390 Å². The molecule has 0 bridgehead atoms. The summed E-state index contributed by atoms with van der Waals surface area (Å²) >= 11 is 6.10. The molecule has 66 heavy (non-hydrogen) atoms. The largest absolute Gasteiger partial charge is 0.497 e. The van der Waals surface area contributed by atoms with Crippen LogP contribution < -0.4 is 33.7 Å². The van der Waals surface area contributed by atoms with Crippen LogP contribution >= 0.6 is 11.6 Å². The molecule has 2 amide bonds. The van der Waals surface area contributed by atoms with Crippen molar-refractivity contribution in [3.8, 4) is 34.5 Å². The number of carbonyl (C=O) groups is 2. The number of oxime groups is 1. The lowest BCUT2D eigenvalue weighted by Gasteiger charge is -2.59. The summed E-state index contributed by atoms with van der Waals surface area (Å²) in [5.74, 6) is 0.214. The van der Waals surface area contributed by atoms with E-state index in [1.807, 2.05) is 25.1 Å². The predicted octanol–water partition coefficient (Wildman–Crippen LogP) is 8.57. The second-order valence-electron chi connectivity index (χ2n) is 16.4. The van der Waals surface area contributed by atoms with Gasteiger partial charge in [0.05, 0.1) is 44.0 Å². The van der Waals surface area contributed by atoms with Crippen LogP contribution in [-0.2, 0) is 20.9 Å². The fraction of sp³-hybridized carbons (Fsp3) is 0.490. The average molecular weight is 934 g/mol. The lowest BCUT2D eigenvalue weighted by molar-refractivity contribution is -0.256. The molecule has 3 aromatic rings. The predicted molar refractivity (Wildman–Crippen MR) is 246 cm³/mol. The molecule has 0 aromatic heterocycles. The highest BCUT2D eigenvalue weighted by Gasteiger charge is 2.65. The number of anilines is 1. The van der Waals surface area contributed by atoms with Gasteiger partial charge in [-0.1, -0.05) is 36.2 Å². The molecule has 4 aliphatic rings. The van der Waals surface area contributed by atoms with Crippen molar-refractivity contribution in [1.29, 1.82) is 0 Å². The maximum absolute atomic E-state index is 14.6. The summed E-state index contributed by atoms with van der Waals surface area (Å²) in [4.78, 5) is 35.7. The maximum Gasteiger partial charge on any atom is 0.417 e. The quantitative estimate of drug-likeness (QED) is 0.0377. The van der Waals surface area contributed by atoms with Gasteiger partial charge in [-0.15, -0.1) is 18.2 Å². The zero-order valence-electron chi connectivity index (χ0n) is 37.7. The number of nitrogens with one attached hydrogen (secondary N) is 1. The van der Waals surface area contributed by atoms with E-state index in [0.29, 0.717) is 72.4 Å². The molecule has 2 heterocycles. The van der Waals surface area contributed by atoms with E-state index in [1.165, 1.54) is 7.11 Å². The summed E-state index contributed by atoms with van der Waals surface area (Å²) in [5, 5.41) is 27.4. The number of alkyl halides is 1. The number of fused-ring (bicyclic) bond motifs is 3. The summed E-state index contributed by atoms with van der Waals surface area (Å²) in [6.07, 6.45) is 6.79. The number of hydrogen-bond donors (Lipinski definition) is 3. The van der Waals surface area contributed by atoms with Crippen LogP contribution in [0.2, 0.25) is 0 Å². The third-order valence-electron chi connectivity index (χ3n) is 12.5. The highest BCUT2D eigenvalue weighted by molar-refractivity contribution is 6.18. The van der Waals surface area contributed by atoms with E-state index in [2.05, 4.69) is 18.0 Å². The normalized spacial score (nSPS) is 22.8. The second-order valence-corrected chi connectivity index (χ2v) is 16.8. The number of rotatable bonds is 22. The van der Waals surface area contributed by atoms with E-state index in [1.54, 1.807) is 54.5 Å². The molecule has 0 radical (unpaired) electrons. The fourth-order valence-corrected chi connectivity index (χ4v) is 9.82. The van der Waals surface area contributed by atoms with Crippen molar-refractivity contribution in [2.24, 2.45) is 22.9 Å². The maximum atomic E-state index is 14.6. The fourth-order valence-electron chi connectivity index (χ4n) is 9.75. The number of amides is 2. The van der Waals surface area contributed by atoms with Crippen LogP contribution in [0.5, 0.6) is 34.5 Å². The molecule has 356 valence electrons. The smallest absolute Gasteiger partial charge is 0.417 e. The van der Waals surface area contributed by atoms with Gasteiger partial charge >= 0.3 is 12.2 Å². The van der Waals surface area contributed by atoms with Crippen LogP contribution in [0, 0.1) is 17.8 Å². The molecule has 6 atom stereocenters. The van der Waals surface area contributed by atoms with E-state index in [9.17, 15) is 19.8 Å². The number of halogens is 1. The van der Waals surface area contributed by atoms with Gasteiger partial charge in [-0.2, -0.15) is 0 Å². The Morgan fingerprint density at radius 2 is 1.74 bits per heavy atom. The van der Waals surface area contributed by atoms with Crippen molar-refractivity contribution in [3.63, 3.8) is 0 Å². The summed E-state index contributed by atoms with van der Waals surface area (Å²) < 4.78 is 48.3. The van der Waals surface area contributed by atoms with Crippen molar-refractivity contribution in [3.05, 3.63) is 90.0 Å². The van der Waals surface area contributed by atoms with Crippen molar-refractivity contribution >= 4 is 35.2 Å². The van der Waals surface area contributed by atoms with Crippen LogP contribution in [0.15, 0.2) is 84.1 Å². The number of benzene rings is 3. The van der Waals surface area contributed by atoms with Crippen molar-refractivity contribution in [2.75, 3.05) is 65.2 Å². The Morgan fingerprint density at radius 1 is 0.970 bits per heavy atom. The molecule has 1 fully saturated rings. The Morgan fingerprint density at radius 3 is 2.48 bits per heavy atom. The molecule has 3 aromatic carbocycles. The van der Waals surface area contributed by atoms with Gasteiger partial charge in [0, 0.05) is 43.7 Å². The van der Waals surface area contributed by atoms with Gasteiger partial charge in [0.15, 0.2) is 11.5 Å². The van der Waals surface area contributed by atoms with E-state index >= 15 is 0 Å². The van der Waals surface area contributed by atoms with Crippen LogP contribution in [-0.4, -0.2) is 105 Å². The molecule has 0 saturated heterocycles. The topological polar surface area (TPSA) is 185 Å². The van der Waals surface area contributed by atoms with Crippen LogP contribution in [0.4, 0.5) is 15.3 Å². The van der Waals surface area contributed by atoms with E-state index in [-0.39, 0.29) is 75.6 Å².